The van der Waals surface area contributed by atoms with Gasteiger partial charge >= 0.3 is 0 Å². The molecule has 0 aliphatic heterocycles. The number of benzene rings is 1. The lowest BCUT2D eigenvalue weighted by Gasteiger charge is -2.34. The molecule has 1 saturated carbocycles. The molecule has 2 aromatic rings. The summed E-state index contributed by atoms with van der Waals surface area (Å²) in [5, 5.41) is 4.02. The zero-order valence-electron chi connectivity index (χ0n) is 12.3. The largest absolute Gasteiger partial charge is 0.497 e. The van der Waals surface area contributed by atoms with Crippen LogP contribution in [0.1, 0.15) is 36.5 Å². The molecular formula is C15H19N3O3. The van der Waals surface area contributed by atoms with Crippen LogP contribution in [0.2, 0.25) is 0 Å². The van der Waals surface area contributed by atoms with Crippen LogP contribution in [-0.2, 0) is 12.0 Å². The van der Waals surface area contributed by atoms with Crippen LogP contribution in [0, 0.1) is 0 Å². The highest BCUT2D eigenvalue weighted by Crippen LogP contribution is 2.37. The first-order chi connectivity index (χ1) is 10.1. The van der Waals surface area contributed by atoms with Crippen LogP contribution in [0.25, 0.3) is 0 Å². The van der Waals surface area contributed by atoms with Crippen molar-refractivity contribution in [3.8, 4) is 11.5 Å². The topological polar surface area (TPSA) is 83.4 Å². The molecule has 0 bridgehead atoms. The fourth-order valence-corrected chi connectivity index (χ4v) is 2.49. The summed E-state index contributed by atoms with van der Waals surface area (Å²) in [6.45, 7) is 0. The highest BCUT2D eigenvalue weighted by Gasteiger charge is 2.38. The fourth-order valence-electron chi connectivity index (χ4n) is 2.49. The maximum absolute atomic E-state index is 6.20. The molecule has 0 radical (unpaired) electrons. The Morgan fingerprint density at radius 2 is 2.10 bits per heavy atom. The second-order valence-electron chi connectivity index (χ2n) is 5.38. The number of rotatable bonds is 5. The molecule has 1 aromatic heterocycles. The van der Waals surface area contributed by atoms with Crippen molar-refractivity contribution in [1.29, 1.82) is 0 Å². The van der Waals surface area contributed by atoms with E-state index in [1.54, 1.807) is 14.2 Å². The van der Waals surface area contributed by atoms with Crippen molar-refractivity contribution in [2.45, 2.75) is 31.2 Å². The first-order valence-electron chi connectivity index (χ1n) is 6.97. The van der Waals surface area contributed by atoms with Gasteiger partial charge in [0.25, 0.3) is 0 Å². The van der Waals surface area contributed by atoms with Gasteiger partial charge in [-0.3, -0.25) is 0 Å². The lowest BCUT2D eigenvalue weighted by atomic mass is 9.77. The van der Waals surface area contributed by atoms with Crippen LogP contribution in [0.3, 0.4) is 0 Å². The third kappa shape index (κ3) is 2.58. The Morgan fingerprint density at radius 3 is 2.71 bits per heavy atom. The zero-order valence-corrected chi connectivity index (χ0v) is 12.3. The first-order valence-corrected chi connectivity index (χ1v) is 6.97. The second-order valence-corrected chi connectivity index (χ2v) is 5.38. The summed E-state index contributed by atoms with van der Waals surface area (Å²) < 4.78 is 15.9. The number of hydrogen-bond acceptors (Lipinski definition) is 6. The quantitative estimate of drug-likeness (QED) is 0.906. The van der Waals surface area contributed by atoms with Crippen molar-refractivity contribution in [2.75, 3.05) is 14.2 Å². The van der Waals surface area contributed by atoms with Crippen LogP contribution in [0.4, 0.5) is 0 Å². The summed E-state index contributed by atoms with van der Waals surface area (Å²) in [5.74, 6) is 2.67. The average molecular weight is 289 g/mol. The van der Waals surface area contributed by atoms with Gasteiger partial charge in [-0.15, -0.1) is 0 Å². The van der Waals surface area contributed by atoms with Gasteiger partial charge < -0.3 is 19.7 Å². The van der Waals surface area contributed by atoms with E-state index in [0.717, 1.165) is 36.3 Å². The van der Waals surface area contributed by atoms with Gasteiger partial charge in [0.2, 0.25) is 5.89 Å². The maximum Gasteiger partial charge on any atom is 0.231 e. The van der Waals surface area contributed by atoms with Crippen molar-refractivity contribution in [1.82, 2.24) is 10.1 Å². The van der Waals surface area contributed by atoms with Gasteiger partial charge in [-0.2, -0.15) is 4.98 Å². The van der Waals surface area contributed by atoms with Crippen molar-refractivity contribution in [3.05, 3.63) is 35.5 Å². The van der Waals surface area contributed by atoms with E-state index in [1.165, 1.54) is 0 Å². The van der Waals surface area contributed by atoms with Gasteiger partial charge in [0.1, 0.15) is 11.5 Å². The molecule has 1 aromatic carbocycles. The van der Waals surface area contributed by atoms with Crippen molar-refractivity contribution < 1.29 is 14.0 Å². The van der Waals surface area contributed by atoms with E-state index in [2.05, 4.69) is 10.1 Å². The van der Waals surface area contributed by atoms with Crippen LogP contribution < -0.4 is 15.2 Å². The lowest BCUT2D eigenvalue weighted by molar-refractivity contribution is 0.229. The van der Waals surface area contributed by atoms with E-state index in [9.17, 15) is 0 Å². The average Bonchev–Trinajstić information content (AvgIpc) is 2.93. The fraction of sp³-hybridized carbons (Fsp3) is 0.467. The van der Waals surface area contributed by atoms with Crippen molar-refractivity contribution >= 4 is 0 Å². The standard InChI is InChI=1S/C15H19N3O3/c1-19-11-4-5-12(20-2)10(8-11)9-13-17-14(18-21-13)15(16)6-3-7-15/h4-5,8H,3,6-7,9,16H2,1-2H3. The molecule has 0 atom stereocenters. The van der Waals surface area contributed by atoms with Crippen LogP contribution in [0.5, 0.6) is 11.5 Å². The third-order valence-electron chi connectivity index (χ3n) is 3.99. The Morgan fingerprint density at radius 1 is 1.29 bits per heavy atom. The minimum Gasteiger partial charge on any atom is -0.497 e. The summed E-state index contributed by atoms with van der Waals surface area (Å²) in [5.41, 5.74) is 6.74. The van der Waals surface area contributed by atoms with Gasteiger partial charge in [0.15, 0.2) is 5.82 Å². The highest BCUT2D eigenvalue weighted by molar-refractivity contribution is 5.41. The Hall–Kier alpha value is -2.08. The monoisotopic (exact) mass is 289 g/mol. The van der Waals surface area contributed by atoms with E-state index in [0.29, 0.717) is 18.1 Å². The van der Waals surface area contributed by atoms with E-state index in [4.69, 9.17) is 19.7 Å². The van der Waals surface area contributed by atoms with Crippen LogP contribution in [0.15, 0.2) is 22.7 Å². The number of hydrogen-bond donors (Lipinski definition) is 1. The molecule has 1 heterocycles. The molecule has 2 N–H and O–H groups in total. The smallest absolute Gasteiger partial charge is 0.231 e. The molecular weight excluding hydrogens is 270 g/mol. The summed E-state index contributed by atoms with van der Waals surface area (Å²) in [7, 11) is 3.26. The highest BCUT2D eigenvalue weighted by atomic mass is 16.5. The molecule has 21 heavy (non-hydrogen) atoms. The molecule has 0 spiro atoms. The number of nitrogens with two attached hydrogens (primary N) is 1. The summed E-state index contributed by atoms with van der Waals surface area (Å²) >= 11 is 0. The van der Waals surface area contributed by atoms with E-state index in [1.807, 2.05) is 18.2 Å². The molecule has 6 nitrogen and oxygen atoms in total. The molecule has 0 unspecified atom stereocenters. The van der Waals surface area contributed by atoms with Gasteiger partial charge in [-0.05, 0) is 37.5 Å². The second kappa shape index (κ2) is 5.37. The minimum atomic E-state index is -0.403. The van der Waals surface area contributed by atoms with Gasteiger partial charge in [0.05, 0.1) is 26.2 Å². The molecule has 1 fully saturated rings. The number of aromatic nitrogens is 2. The predicted octanol–water partition coefficient (Wildman–Crippen LogP) is 2.02. The third-order valence-corrected chi connectivity index (χ3v) is 3.99. The number of ether oxygens (including phenoxy) is 2. The van der Waals surface area contributed by atoms with E-state index < -0.39 is 5.54 Å². The Labute approximate surface area is 123 Å². The summed E-state index contributed by atoms with van der Waals surface area (Å²) in [6, 6.07) is 5.62. The normalized spacial score (nSPS) is 16.3. The first kappa shape index (κ1) is 13.9. The minimum absolute atomic E-state index is 0.403. The molecule has 0 amide bonds. The summed E-state index contributed by atoms with van der Waals surface area (Å²) in [6.07, 6.45) is 3.43. The van der Waals surface area contributed by atoms with Crippen molar-refractivity contribution in [3.63, 3.8) is 0 Å². The van der Waals surface area contributed by atoms with E-state index in [-0.39, 0.29) is 0 Å². The molecule has 6 heteroatoms. The molecule has 112 valence electrons. The SMILES string of the molecule is COc1ccc(OC)c(Cc2nc(C3(N)CCC3)no2)c1. The Bertz CT molecular complexity index is 635. The molecule has 1 aliphatic carbocycles. The van der Waals surface area contributed by atoms with Gasteiger partial charge in [0, 0.05) is 5.56 Å². The number of methoxy groups -OCH3 is 2. The molecule has 1 aliphatic rings. The van der Waals surface area contributed by atoms with Gasteiger partial charge in [-0.1, -0.05) is 5.16 Å². The zero-order chi connectivity index (χ0) is 14.9. The van der Waals surface area contributed by atoms with Crippen LogP contribution >= 0.6 is 0 Å². The van der Waals surface area contributed by atoms with Crippen molar-refractivity contribution in [2.24, 2.45) is 5.73 Å². The Balaban J connectivity index is 1.83. The van der Waals surface area contributed by atoms with E-state index >= 15 is 0 Å². The lowest BCUT2D eigenvalue weighted by Crippen LogP contribution is -2.44. The number of nitrogens with zero attached hydrogens (tertiary/aromatic N) is 2. The Kier molecular flexibility index (Phi) is 3.55. The maximum atomic E-state index is 6.20. The molecule has 0 saturated heterocycles. The summed E-state index contributed by atoms with van der Waals surface area (Å²) in [4.78, 5) is 4.43. The molecule has 3 rings (SSSR count). The predicted molar refractivity (Wildman–Crippen MR) is 76.4 cm³/mol. The van der Waals surface area contributed by atoms with Gasteiger partial charge in [-0.25, -0.2) is 0 Å². The van der Waals surface area contributed by atoms with Crippen LogP contribution in [-0.4, -0.2) is 24.4 Å².